The van der Waals surface area contributed by atoms with Crippen LogP contribution in [0.15, 0.2) is 0 Å². The molecule has 0 saturated carbocycles. The largest absolute Gasteiger partial charge is 0.481 e. The van der Waals surface area contributed by atoms with E-state index in [-0.39, 0.29) is 5.75 Å². The second-order valence-electron chi connectivity index (χ2n) is 4.33. The van der Waals surface area contributed by atoms with Crippen LogP contribution < -0.4 is 0 Å². The standard InChI is InChI=1S/C10H19NO4S/c1-9(10(12)13)8-16(14,15)11-6-4-2-3-5-7-11/h9H,2-8H2,1H3,(H,12,13). The van der Waals surface area contributed by atoms with Crippen molar-refractivity contribution in [2.45, 2.75) is 32.6 Å². The molecule has 1 fully saturated rings. The van der Waals surface area contributed by atoms with E-state index in [0.717, 1.165) is 25.7 Å². The highest BCUT2D eigenvalue weighted by Crippen LogP contribution is 2.15. The van der Waals surface area contributed by atoms with Crippen LogP contribution in [0.4, 0.5) is 0 Å². The number of carbonyl (C=O) groups is 1. The normalized spacial score (nSPS) is 21.3. The van der Waals surface area contributed by atoms with Gasteiger partial charge in [0.25, 0.3) is 0 Å². The molecule has 0 aromatic heterocycles. The highest BCUT2D eigenvalue weighted by atomic mass is 32.2. The first-order chi connectivity index (χ1) is 7.43. The third kappa shape index (κ3) is 3.75. The zero-order chi connectivity index (χ0) is 12.2. The average Bonchev–Trinajstić information content (AvgIpc) is 2.45. The summed E-state index contributed by atoms with van der Waals surface area (Å²) in [7, 11) is -3.40. The molecule has 0 aromatic carbocycles. The molecule has 0 aliphatic carbocycles. The SMILES string of the molecule is CC(CS(=O)(=O)N1CCCCCC1)C(=O)O. The van der Waals surface area contributed by atoms with Crippen molar-refractivity contribution in [2.24, 2.45) is 5.92 Å². The van der Waals surface area contributed by atoms with Gasteiger partial charge >= 0.3 is 5.97 Å². The van der Waals surface area contributed by atoms with Gasteiger partial charge in [-0.15, -0.1) is 0 Å². The molecule has 1 aliphatic rings. The van der Waals surface area contributed by atoms with Gasteiger partial charge in [0.1, 0.15) is 0 Å². The minimum absolute atomic E-state index is 0.289. The Hall–Kier alpha value is -0.620. The van der Waals surface area contributed by atoms with E-state index in [9.17, 15) is 13.2 Å². The molecule has 1 saturated heterocycles. The number of carboxylic acid groups (broad SMARTS) is 1. The van der Waals surface area contributed by atoms with Crippen LogP contribution in [0.25, 0.3) is 0 Å². The van der Waals surface area contributed by atoms with Crippen LogP contribution in [0, 0.1) is 5.92 Å². The van der Waals surface area contributed by atoms with Crippen molar-refractivity contribution < 1.29 is 18.3 Å². The van der Waals surface area contributed by atoms with Gasteiger partial charge in [0.2, 0.25) is 10.0 Å². The lowest BCUT2D eigenvalue weighted by Gasteiger charge is -2.20. The Morgan fingerprint density at radius 3 is 2.19 bits per heavy atom. The summed E-state index contributed by atoms with van der Waals surface area (Å²) >= 11 is 0. The van der Waals surface area contributed by atoms with E-state index in [0.29, 0.717) is 13.1 Å². The predicted molar refractivity (Wildman–Crippen MR) is 60.6 cm³/mol. The Bertz CT molecular complexity index is 331. The summed E-state index contributed by atoms with van der Waals surface area (Å²) in [5.41, 5.74) is 0. The lowest BCUT2D eigenvalue weighted by molar-refractivity contribution is -0.140. The van der Waals surface area contributed by atoms with Crippen LogP contribution in [0.3, 0.4) is 0 Å². The van der Waals surface area contributed by atoms with E-state index in [2.05, 4.69) is 0 Å². The van der Waals surface area contributed by atoms with E-state index in [4.69, 9.17) is 5.11 Å². The maximum Gasteiger partial charge on any atom is 0.307 e. The van der Waals surface area contributed by atoms with Crippen molar-refractivity contribution in [2.75, 3.05) is 18.8 Å². The summed E-state index contributed by atoms with van der Waals surface area (Å²) in [6, 6.07) is 0. The molecule has 0 radical (unpaired) electrons. The maximum atomic E-state index is 11.9. The number of hydrogen-bond acceptors (Lipinski definition) is 3. The molecule has 1 unspecified atom stereocenters. The number of rotatable bonds is 4. The first-order valence-corrected chi connectivity index (χ1v) is 7.25. The Kier molecular flexibility index (Phi) is 4.73. The van der Waals surface area contributed by atoms with E-state index >= 15 is 0 Å². The summed E-state index contributed by atoms with van der Waals surface area (Å²) in [6.07, 6.45) is 3.86. The molecule has 1 aliphatic heterocycles. The van der Waals surface area contributed by atoms with E-state index < -0.39 is 21.9 Å². The molecule has 1 atom stereocenters. The van der Waals surface area contributed by atoms with E-state index in [1.54, 1.807) is 0 Å². The van der Waals surface area contributed by atoms with Gasteiger partial charge < -0.3 is 5.11 Å². The van der Waals surface area contributed by atoms with E-state index in [1.165, 1.54) is 11.2 Å². The zero-order valence-corrected chi connectivity index (χ0v) is 10.4. The number of carboxylic acids is 1. The molecule has 0 bridgehead atoms. The minimum Gasteiger partial charge on any atom is -0.481 e. The molecule has 16 heavy (non-hydrogen) atoms. The fourth-order valence-corrected chi connectivity index (χ4v) is 3.61. The quantitative estimate of drug-likeness (QED) is 0.803. The molecule has 1 rings (SSSR count). The van der Waals surface area contributed by atoms with Crippen molar-refractivity contribution in [3.05, 3.63) is 0 Å². The first-order valence-electron chi connectivity index (χ1n) is 5.64. The topological polar surface area (TPSA) is 74.7 Å². The fraction of sp³-hybridized carbons (Fsp3) is 0.900. The molecule has 0 spiro atoms. The molecule has 1 N–H and O–H groups in total. The van der Waals surface area contributed by atoms with Crippen molar-refractivity contribution in [1.29, 1.82) is 0 Å². The van der Waals surface area contributed by atoms with Crippen molar-refractivity contribution in [1.82, 2.24) is 4.31 Å². The highest BCUT2D eigenvalue weighted by molar-refractivity contribution is 7.89. The molecular formula is C10H19NO4S. The van der Waals surface area contributed by atoms with Crippen LogP contribution in [0.5, 0.6) is 0 Å². The summed E-state index contributed by atoms with van der Waals surface area (Å²) in [5.74, 6) is -2.19. The van der Waals surface area contributed by atoms with Gasteiger partial charge in [-0.1, -0.05) is 19.8 Å². The van der Waals surface area contributed by atoms with Crippen LogP contribution in [0.2, 0.25) is 0 Å². The molecular weight excluding hydrogens is 230 g/mol. The maximum absolute atomic E-state index is 11.9. The van der Waals surface area contributed by atoms with Crippen LogP contribution in [-0.2, 0) is 14.8 Å². The van der Waals surface area contributed by atoms with Gasteiger partial charge in [0, 0.05) is 13.1 Å². The van der Waals surface area contributed by atoms with Gasteiger partial charge in [-0.05, 0) is 12.8 Å². The third-order valence-electron chi connectivity index (χ3n) is 2.84. The zero-order valence-electron chi connectivity index (χ0n) is 9.55. The van der Waals surface area contributed by atoms with Crippen LogP contribution >= 0.6 is 0 Å². The van der Waals surface area contributed by atoms with Crippen LogP contribution in [0.1, 0.15) is 32.6 Å². The fourth-order valence-electron chi connectivity index (χ4n) is 1.81. The smallest absolute Gasteiger partial charge is 0.307 e. The second-order valence-corrected chi connectivity index (χ2v) is 6.34. The highest BCUT2D eigenvalue weighted by Gasteiger charge is 2.27. The van der Waals surface area contributed by atoms with Gasteiger partial charge in [-0.3, -0.25) is 4.79 Å². The van der Waals surface area contributed by atoms with Crippen molar-refractivity contribution in [3.8, 4) is 0 Å². The summed E-state index contributed by atoms with van der Waals surface area (Å²) < 4.78 is 25.3. The number of aliphatic carboxylic acids is 1. The monoisotopic (exact) mass is 249 g/mol. The van der Waals surface area contributed by atoms with Crippen molar-refractivity contribution in [3.63, 3.8) is 0 Å². The Morgan fingerprint density at radius 1 is 1.25 bits per heavy atom. The Balaban J connectivity index is 2.64. The summed E-state index contributed by atoms with van der Waals surface area (Å²) in [4.78, 5) is 10.6. The summed E-state index contributed by atoms with van der Waals surface area (Å²) in [5, 5.41) is 8.72. The van der Waals surface area contributed by atoms with Gasteiger partial charge in [0.05, 0.1) is 11.7 Å². The second kappa shape index (κ2) is 5.63. The average molecular weight is 249 g/mol. The molecule has 0 aromatic rings. The lowest BCUT2D eigenvalue weighted by Crippen LogP contribution is -2.36. The Labute approximate surface area is 96.5 Å². The lowest BCUT2D eigenvalue weighted by atomic mass is 10.2. The van der Waals surface area contributed by atoms with Gasteiger partial charge in [0.15, 0.2) is 0 Å². The third-order valence-corrected chi connectivity index (χ3v) is 4.91. The van der Waals surface area contributed by atoms with Gasteiger partial charge in [-0.2, -0.15) is 0 Å². The summed E-state index contributed by atoms with van der Waals surface area (Å²) in [6.45, 7) is 2.50. The molecule has 94 valence electrons. The van der Waals surface area contributed by atoms with Gasteiger partial charge in [-0.25, -0.2) is 12.7 Å². The Morgan fingerprint density at radius 2 is 1.75 bits per heavy atom. The number of sulfonamides is 1. The van der Waals surface area contributed by atoms with Crippen LogP contribution in [-0.4, -0.2) is 42.6 Å². The van der Waals surface area contributed by atoms with E-state index in [1.807, 2.05) is 0 Å². The number of hydrogen-bond donors (Lipinski definition) is 1. The van der Waals surface area contributed by atoms with Crippen molar-refractivity contribution >= 4 is 16.0 Å². The number of nitrogens with zero attached hydrogens (tertiary/aromatic N) is 1. The minimum atomic E-state index is -3.40. The molecule has 1 heterocycles. The predicted octanol–water partition coefficient (Wildman–Crippen LogP) is 0.913. The first kappa shape index (κ1) is 13.4. The molecule has 6 heteroatoms. The molecule has 0 amide bonds. The molecule has 5 nitrogen and oxygen atoms in total.